The van der Waals surface area contributed by atoms with Gasteiger partial charge >= 0.3 is 5.97 Å². The Balaban J connectivity index is 2.39. The highest BCUT2D eigenvalue weighted by molar-refractivity contribution is 7.90. The molecular weight excluding hydrogens is 322 g/mol. The second-order valence-corrected chi connectivity index (χ2v) is 10.7. The summed E-state index contributed by atoms with van der Waals surface area (Å²) in [6.45, 7) is 11.9. The van der Waals surface area contributed by atoms with Crippen LogP contribution < -0.4 is 4.72 Å². The Morgan fingerprint density at radius 2 is 1.83 bits per heavy atom. The Labute approximate surface area is 148 Å². The van der Waals surface area contributed by atoms with Crippen molar-refractivity contribution in [2.24, 2.45) is 5.92 Å². The minimum atomic E-state index is -1.16. The van der Waals surface area contributed by atoms with Crippen LogP contribution >= 0.6 is 0 Å². The van der Waals surface area contributed by atoms with Gasteiger partial charge in [0.1, 0.15) is 4.75 Å². The standard InChI is InChI=1S/C19H29NO3S/c1-18(2,3)15-11-13(9-10-14(15)17(21)22)16(12-7-8-12)20-24(23)19(4,5)6/h9-12,16,20H,7-8H2,1-6H3,(H,21,22)/t16-,24-/m1/s1. The molecule has 0 amide bonds. The minimum absolute atomic E-state index is 0.00834. The third-order valence-corrected chi connectivity index (χ3v) is 5.91. The molecule has 5 heteroatoms. The molecule has 2 rings (SSSR count). The van der Waals surface area contributed by atoms with E-state index in [2.05, 4.69) is 4.72 Å². The van der Waals surface area contributed by atoms with Gasteiger partial charge in [-0.3, -0.25) is 0 Å². The zero-order chi connectivity index (χ0) is 18.3. The van der Waals surface area contributed by atoms with E-state index in [0.29, 0.717) is 11.5 Å². The molecule has 1 fully saturated rings. The Morgan fingerprint density at radius 3 is 2.25 bits per heavy atom. The Hall–Kier alpha value is -1.04. The third-order valence-electron chi connectivity index (χ3n) is 4.32. The number of carbonyl (C=O) groups is 1. The molecule has 1 aliphatic carbocycles. The van der Waals surface area contributed by atoms with E-state index in [-0.39, 0.29) is 16.2 Å². The number of hydrogen-bond acceptors (Lipinski definition) is 3. The fourth-order valence-corrected chi connectivity index (χ4v) is 3.63. The fraction of sp³-hybridized carbons (Fsp3) is 0.632. The van der Waals surface area contributed by atoms with Crippen molar-refractivity contribution in [1.29, 1.82) is 0 Å². The van der Waals surface area contributed by atoms with Crippen molar-refractivity contribution in [2.45, 2.75) is 70.6 Å². The van der Waals surface area contributed by atoms with E-state index < -0.39 is 17.3 Å². The topological polar surface area (TPSA) is 72.4 Å². The van der Waals surface area contributed by atoms with Crippen LogP contribution in [0.3, 0.4) is 0 Å². The number of benzene rings is 1. The summed E-state index contributed by atoms with van der Waals surface area (Å²) in [5.74, 6) is -0.430. The molecule has 4 nitrogen and oxygen atoms in total. The molecular formula is C19H29NO3S. The van der Waals surface area contributed by atoms with Crippen molar-refractivity contribution in [3.63, 3.8) is 0 Å². The van der Waals surface area contributed by atoms with Crippen molar-refractivity contribution in [1.82, 2.24) is 4.72 Å². The maximum Gasteiger partial charge on any atom is 0.335 e. The van der Waals surface area contributed by atoms with Crippen molar-refractivity contribution >= 4 is 17.3 Å². The molecule has 1 saturated carbocycles. The summed E-state index contributed by atoms with van der Waals surface area (Å²) in [5, 5.41) is 9.47. The maximum absolute atomic E-state index is 12.5. The Bertz CT molecular complexity index is 612. The van der Waals surface area contributed by atoms with E-state index in [0.717, 1.165) is 24.0 Å². The molecule has 134 valence electrons. The van der Waals surface area contributed by atoms with Gasteiger partial charge in [-0.05, 0) is 62.1 Å². The Kier molecular flexibility index (Phi) is 5.38. The molecule has 0 spiro atoms. The number of rotatable bonds is 5. The maximum atomic E-state index is 12.5. The average molecular weight is 352 g/mol. The summed E-state index contributed by atoms with van der Waals surface area (Å²) >= 11 is -1.16. The quantitative estimate of drug-likeness (QED) is 0.780. The summed E-state index contributed by atoms with van der Waals surface area (Å²) in [5.41, 5.74) is 1.94. The molecule has 0 heterocycles. The number of aromatic carboxylic acids is 1. The summed E-state index contributed by atoms with van der Waals surface area (Å²) in [4.78, 5) is 11.5. The van der Waals surface area contributed by atoms with E-state index in [1.807, 2.05) is 53.7 Å². The first-order valence-corrected chi connectivity index (χ1v) is 9.62. The van der Waals surface area contributed by atoms with Crippen LogP contribution in [0.1, 0.15) is 81.9 Å². The minimum Gasteiger partial charge on any atom is -0.598 e. The second-order valence-electron chi connectivity index (χ2n) is 8.67. The third kappa shape index (κ3) is 4.52. The van der Waals surface area contributed by atoms with Crippen LogP contribution in [-0.2, 0) is 16.8 Å². The smallest absolute Gasteiger partial charge is 0.335 e. The highest BCUT2D eigenvalue weighted by atomic mass is 32.2. The zero-order valence-electron chi connectivity index (χ0n) is 15.5. The van der Waals surface area contributed by atoms with Crippen LogP contribution in [0, 0.1) is 5.92 Å². The largest absolute Gasteiger partial charge is 0.598 e. The van der Waals surface area contributed by atoms with E-state index in [1.165, 1.54) is 0 Å². The molecule has 2 N–H and O–H groups in total. The van der Waals surface area contributed by atoms with Crippen molar-refractivity contribution < 1.29 is 14.5 Å². The van der Waals surface area contributed by atoms with Gasteiger partial charge in [-0.25, -0.2) is 4.79 Å². The highest BCUT2D eigenvalue weighted by Crippen LogP contribution is 2.43. The van der Waals surface area contributed by atoms with Gasteiger partial charge in [-0.2, -0.15) is 0 Å². The first-order chi connectivity index (χ1) is 10.9. The molecule has 0 radical (unpaired) electrons. The van der Waals surface area contributed by atoms with Crippen molar-refractivity contribution in [3.8, 4) is 0 Å². The molecule has 2 atom stereocenters. The first-order valence-electron chi connectivity index (χ1n) is 8.47. The Morgan fingerprint density at radius 1 is 1.25 bits per heavy atom. The van der Waals surface area contributed by atoms with Crippen LogP contribution in [-0.4, -0.2) is 20.4 Å². The van der Waals surface area contributed by atoms with Crippen LogP contribution in [0.25, 0.3) is 0 Å². The monoisotopic (exact) mass is 351 g/mol. The van der Waals surface area contributed by atoms with Gasteiger partial charge in [0.15, 0.2) is 0 Å². The van der Waals surface area contributed by atoms with Crippen LogP contribution in [0.5, 0.6) is 0 Å². The number of carboxylic acid groups (broad SMARTS) is 1. The normalized spacial score (nSPS) is 18.3. The second kappa shape index (κ2) is 6.70. The fourth-order valence-electron chi connectivity index (χ4n) is 2.72. The van der Waals surface area contributed by atoms with Crippen LogP contribution in [0.15, 0.2) is 18.2 Å². The van der Waals surface area contributed by atoms with E-state index >= 15 is 0 Å². The molecule has 0 bridgehead atoms. The molecule has 24 heavy (non-hydrogen) atoms. The number of nitrogens with one attached hydrogen (secondary N) is 1. The van der Waals surface area contributed by atoms with Gasteiger partial charge in [0.25, 0.3) is 0 Å². The first kappa shape index (κ1) is 19.3. The molecule has 1 aliphatic rings. The van der Waals surface area contributed by atoms with Gasteiger partial charge in [0.2, 0.25) is 0 Å². The molecule has 0 saturated heterocycles. The summed E-state index contributed by atoms with van der Waals surface area (Å²) < 4.78 is 15.5. The predicted molar refractivity (Wildman–Crippen MR) is 98.6 cm³/mol. The molecule has 0 aromatic heterocycles. The summed E-state index contributed by atoms with van der Waals surface area (Å²) in [6.07, 6.45) is 2.23. The summed E-state index contributed by atoms with van der Waals surface area (Å²) in [6, 6.07) is 5.55. The lowest BCUT2D eigenvalue weighted by Gasteiger charge is -2.29. The van der Waals surface area contributed by atoms with Crippen molar-refractivity contribution in [3.05, 3.63) is 34.9 Å². The van der Waals surface area contributed by atoms with Crippen molar-refractivity contribution in [2.75, 3.05) is 0 Å². The van der Waals surface area contributed by atoms with Gasteiger partial charge in [-0.15, -0.1) is 4.72 Å². The zero-order valence-corrected chi connectivity index (χ0v) is 16.3. The molecule has 0 unspecified atom stereocenters. The van der Waals surface area contributed by atoms with Crippen LogP contribution in [0.4, 0.5) is 0 Å². The number of carboxylic acids is 1. The van der Waals surface area contributed by atoms with Gasteiger partial charge in [-0.1, -0.05) is 32.9 Å². The van der Waals surface area contributed by atoms with E-state index in [1.54, 1.807) is 6.07 Å². The lowest BCUT2D eigenvalue weighted by molar-refractivity contribution is 0.0694. The average Bonchev–Trinajstić information content (AvgIpc) is 3.26. The van der Waals surface area contributed by atoms with Crippen LogP contribution in [0.2, 0.25) is 0 Å². The molecule has 1 aromatic carbocycles. The lowest BCUT2D eigenvalue weighted by atomic mass is 9.82. The molecule has 1 aromatic rings. The molecule has 0 aliphatic heterocycles. The number of hydrogen-bond donors (Lipinski definition) is 2. The SMILES string of the molecule is CC(C)(C)c1cc([C@H](N[S@+]([O-])C(C)(C)C)C2CC2)ccc1C(=O)O. The van der Waals surface area contributed by atoms with Gasteiger partial charge in [0, 0.05) is 11.4 Å². The predicted octanol–water partition coefficient (Wildman–Crippen LogP) is 4.19. The van der Waals surface area contributed by atoms with E-state index in [4.69, 9.17) is 0 Å². The lowest BCUT2D eigenvalue weighted by Crippen LogP contribution is -2.42. The highest BCUT2D eigenvalue weighted by Gasteiger charge is 2.39. The van der Waals surface area contributed by atoms with Gasteiger partial charge in [0.05, 0.1) is 11.6 Å². The van der Waals surface area contributed by atoms with E-state index in [9.17, 15) is 14.5 Å². The van der Waals surface area contributed by atoms with Gasteiger partial charge < -0.3 is 9.66 Å². The summed E-state index contributed by atoms with van der Waals surface area (Å²) in [7, 11) is 0.